The van der Waals surface area contributed by atoms with E-state index in [1.54, 1.807) is 0 Å². The van der Waals surface area contributed by atoms with Gasteiger partial charge in [0.05, 0.1) is 11.3 Å². The largest absolute Gasteiger partial charge is 0.240 e. The van der Waals surface area contributed by atoms with Gasteiger partial charge in [-0.25, -0.2) is 26.7 Å². The van der Waals surface area contributed by atoms with Crippen LogP contribution in [0, 0.1) is 36.0 Å². The van der Waals surface area contributed by atoms with E-state index in [1.165, 1.54) is 25.1 Å². The summed E-state index contributed by atoms with van der Waals surface area (Å²) >= 11 is 0. The number of nitrogens with zero attached hydrogens (tertiary/aromatic N) is 1. The number of carbonyl (C=O) groups excluding carboxylic acids is 1. The van der Waals surface area contributed by atoms with Gasteiger partial charge >= 0.3 is 0 Å². The van der Waals surface area contributed by atoms with Gasteiger partial charge in [-0.3, -0.25) is 0 Å². The van der Waals surface area contributed by atoms with Crippen LogP contribution in [0.4, 0.5) is 27.6 Å². The van der Waals surface area contributed by atoms with E-state index in [4.69, 9.17) is 0 Å². The highest BCUT2D eigenvalue weighted by Crippen LogP contribution is 2.38. The molecule has 0 aliphatic heterocycles. The van der Waals surface area contributed by atoms with E-state index in [1.807, 2.05) is 0 Å². The number of para-hydroxylation sites is 1. The number of hydrogen-bond acceptors (Lipinski definition) is 2. The second-order valence-electron chi connectivity index (χ2n) is 4.12. The first-order valence-electron chi connectivity index (χ1n) is 5.59. The zero-order chi connectivity index (χ0) is 15.7. The topological polar surface area (TPSA) is 29.4 Å². The maximum absolute atomic E-state index is 13.8. The van der Waals surface area contributed by atoms with Crippen molar-refractivity contribution in [2.24, 2.45) is 4.99 Å². The van der Waals surface area contributed by atoms with E-state index in [0.29, 0.717) is 5.56 Å². The lowest BCUT2D eigenvalue weighted by atomic mass is 9.99. The zero-order valence-electron chi connectivity index (χ0n) is 10.5. The molecule has 0 spiro atoms. The van der Waals surface area contributed by atoms with Gasteiger partial charge in [-0.05, 0) is 12.5 Å². The fraction of sp³-hybridized carbons (Fsp3) is 0.0714. The van der Waals surface area contributed by atoms with Crippen LogP contribution in [0.5, 0.6) is 0 Å². The number of aliphatic imine (C=N–C) groups is 1. The zero-order valence-corrected chi connectivity index (χ0v) is 10.5. The standard InChI is InChI=1S/C14H6F5NO/c1-6-3-2-4-7(14(6)20-5-21)8-9(15)11(17)13(19)12(18)10(8)16/h2-4H,1H3. The van der Waals surface area contributed by atoms with E-state index >= 15 is 0 Å². The molecule has 7 heteroatoms. The summed E-state index contributed by atoms with van der Waals surface area (Å²) in [5.41, 5.74) is -1.41. The predicted octanol–water partition coefficient (Wildman–Crippen LogP) is 4.32. The van der Waals surface area contributed by atoms with E-state index in [-0.39, 0.29) is 11.3 Å². The Morgan fingerprint density at radius 3 is 1.95 bits per heavy atom. The van der Waals surface area contributed by atoms with E-state index < -0.39 is 34.6 Å². The summed E-state index contributed by atoms with van der Waals surface area (Å²) < 4.78 is 67.1. The molecule has 0 unspecified atom stereocenters. The van der Waals surface area contributed by atoms with Crippen molar-refractivity contribution in [1.82, 2.24) is 0 Å². The monoisotopic (exact) mass is 299 g/mol. The summed E-state index contributed by atoms with van der Waals surface area (Å²) in [6.07, 6.45) is 1.18. The van der Waals surface area contributed by atoms with Crippen LogP contribution >= 0.6 is 0 Å². The predicted molar refractivity (Wildman–Crippen MR) is 64.2 cm³/mol. The molecule has 0 heterocycles. The molecule has 0 amide bonds. The molecule has 2 aromatic carbocycles. The van der Waals surface area contributed by atoms with Crippen LogP contribution in [-0.2, 0) is 4.79 Å². The smallest absolute Gasteiger partial charge is 0.211 e. The van der Waals surface area contributed by atoms with Crippen molar-refractivity contribution in [2.45, 2.75) is 6.92 Å². The maximum atomic E-state index is 13.8. The van der Waals surface area contributed by atoms with Crippen molar-refractivity contribution in [2.75, 3.05) is 0 Å². The molecule has 0 aliphatic carbocycles. The molecule has 0 radical (unpaired) electrons. The van der Waals surface area contributed by atoms with Crippen LogP contribution in [0.2, 0.25) is 0 Å². The summed E-state index contributed by atoms with van der Waals surface area (Å²) in [5.74, 6) is -10.3. The van der Waals surface area contributed by atoms with Gasteiger partial charge in [0.15, 0.2) is 23.3 Å². The molecular formula is C14H6F5NO. The van der Waals surface area contributed by atoms with Crippen molar-refractivity contribution in [3.05, 3.63) is 52.8 Å². The van der Waals surface area contributed by atoms with Gasteiger partial charge in [0.25, 0.3) is 0 Å². The van der Waals surface area contributed by atoms with Crippen molar-refractivity contribution < 1.29 is 26.7 Å². The average Bonchev–Trinajstić information content (AvgIpc) is 2.46. The van der Waals surface area contributed by atoms with E-state index in [9.17, 15) is 26.7 Å². The summed E-state index contributed by atoms with van der Waals surface area (Å²) in [6, 6.07) is 3.90. The summed E-state index contributed by atoms with van der Waals surface area (Å²) in [4.78, 5) is 13.6. The van der Waals surface area contributed by atoms with Crippen LogP contribution in [0.15, 0.2) is 23.2 Å². The first kappa shape index (κ1) is 14.9. The van der Waals surface area contributed by atoms with Gasteiger partial charge in [0.1, 0.15) is 0 Å². The highest BCUT2D eigenvalue weighted by atomic mass is 19.2. The molecule has 0 bridgehead atoms. The highest BCUT2D eigenvalue weighted by Gasteiger charge is 2.28. The van der Waals surface area contributed by atoms with Gasteiger partial charge in [0.2, 0.25) is 11.9 Å². The molecule has 2 aromatic rings. The van der Waals surface area contributed by atoms with Crippen molar-refractivity contribution in [3.63, 3.8) is 0 Å². The van der Waals surface area contributed by atoms with Crippen molar-refractivity contribution in [1.29, 1.82) is 0 Å². The Kier molecular flexibility index (Phi) is 3.86. The highest BCUT2D eigenvalue weighted by molar-refractivity contribution is 5.80. The Bertz CT molecular complexity index is 752. The number of benzene rings is 2. The third-order valence-electron chi connectivity index (χ3n) is 2.87. The second kappa shape index (κ2) is 5.46. The van der Waals surface area contributed by atoms with E-state index in [0.717, 1.165) is 6.07 Å². The quantitative estimate of drug-likeness (QED) is 0.267. The number of halogens is 5. The Morgan fingerprint density at radius 2 is 1.43 bits per heavy atom. The fourth-order valence-electron chi connectivity index (χ4n) is 1.90. The summed E-state index contributed by atoms with van der Waals surface area (Å²) in [6.45, 7) is 1.46. The van der Waals surface area contributed by atoms with Crippen LogP contribution in [0.1, 0.15) is 5.56 Å². The van der Waals surface area contributed by atoms with Gasteiger partial charge < -0.3 is 0 Å². The minimum atomic E-state index is -2.25. The molecule has 0 fully saturated rings. The molecule has 0 N–H and O–H groups in total. The minimum absolute atomic E-state index is 0.212. The molecule has 108 valence electrons. The van der Waals surface area contributed by atoms with Gasteiger partial charge in [0, 0.05) is 5.56 Å². The molecular weight excluding hydrogens is 293 g/mol. The van der Waals surface area contributed by atoms with Crippen LogP contribution in [-0.4, -0.2) is 6.08 Å². The summed E-state index contributed by atoms with van der Waals surface area (Å²) in [7, 11) is 0. The molecule has 0 atom stereocenters. The van der Waals surface area contributed by atoms with Gasteiger partial charge in [-0.1, -0.05) is 18.2 Å². The minimum Gasteiger partial charge on any atom is -0.211 e. The molecule has 2 rings (SSSR count). The molecule has 0 saturated heterocycles. The second-order valence-corrected chi connectivity index (χ2v) is 4.12. The molecule has 0 aliphatic rings. The third-order valence-corrected chi connectivity index (χ3v) is 2.87. The Hall–Kier alpha value is -2.53. The van der Waals surface area contributed by atoms with Crippen LogP contribution in [0.3, 0.4) is 0 Å². The lowest BCUT2D eigenvalue weighted by Gasteiger charge is -2.11. The molecule has 0 aromatic heterocycles. The third kappa shape index (κ3) is 2.32. The van der Waals surface area contributed by atoms with E-state index in [2.05, 4.69) is 4.99 Å². The lowest BCUT2D eigenvalue weighted by molar-refractivity contribution is 0.381. The first-order chi connectivity index (χ1) is 9.90. The Labute approximate surface area is 115 Å². The SMILES string of the molecule is Cc1cccc(-c2c(F)c(F)c(F)c(F)c2F)c1N=C=O. The van der Waals surface area contributed by atoms with Gasteiger partial charge in [-0.15, -0.1) is 0 Å². The number of aryl methyl sites for hydroxylation is 1. The maximum Gasteiger partial charge on any atom is 0.240 e. The molecule has 21 heavy (non-hydrogen) atoms. The number of rotatable bonds is 2. The molecule has 0 saturated carbocycles. The van der Waals surface area contributed by atoms with Crippen LogP contribution < -0.4 is 0 Å². The van der Waals surface area contributed by atoms with Crippen LogP contribution in [0.25, 0.3) is 11.1 Å². The average molecular weight is 299 g/mol. The lowest BCUT2D eigenvalue weighted by Crippen LogP contribution is -2.04. The summed E-state index contributed by atoms with van der Waals surface area (Å²) in [5, 5.41) is 0. The number of isocyanates is 1. The fourth-order valence-corrected chi connectivity index (χ4v) is 1.90. The first-order valence-corrected chi connectivity index (χ1v) is 5.59. The normalized spacial score (nSPS) is 10.4. The van der Waals surface area contributed by atoms with Crippen molar-refractivity contribution in [3.8, 4) is 11.1 Å². The Morgan fingerprint density at radius 1 is 0.905 bits per heavy atom. The molecule has 2 nitrogen and oxygen atoms in total. The van der Waals surface area contributed by atoms with Gasteiger partial charge in [-0.2, -0.15) is 4.99 Å². The van der Waals surface area contributed by atoms with Crippen molar-refractivity contribution >= 4 is 11.8 Å². The Balaban J connectivity index is 2.93. The number of hydrogen-bond donors (Lipinski definition) is 0.